The molecule has 0 amide bonds. The summed E-state index contributed by atoms with van der Waals surface area (Å²) in [6, 6.07) is 8.78. The molecule has 0 spiro atoms. The van der Waals surface area contributed by atoms with Gasteiger partial charge < -0.3 is 14.2 Å². The number of esters is 1. The predicted octanol–water partition coefficient (Wildman–Crippen LogP) is 4.46. The molecule has 4 rings (SSSR count). The molecule has 3 aromatic rings. The Morgan fingerprint density at radius 2 is 1.96 bits per heavy atom. The molecule has 8 heteroatoms. The summed E-state index contributed by atoms with van der Waals surface area (Å²) in [6.45, 7) is -0.343. The minimum Gasteiger partial charge on any atom is -0.454 e. The first kappa shape index (κ1) is 16.8. The van der Waals surface area contributed by atoms with E-state index in [0.29, 0.717) is 27.1 Å². The van der Waals surface area contributed by atoms with Crippen LogP contribution in [0.2, 0.25) is 5.02 Å². The van der Waals surface area contributed by atoms with Crippen LogP contribution >= 0.6 is 22.9 Å². The van der Waals surface area contributed by atoms with Crippen LogP contribution in [0.15, 0.2) is 36.4 Å². The van der Waals surface area contributed by atoms with Gasteiger partial charge in [-0.05, 0) is 36.4 Å². The molecule has 0 aliphatic carbocycles. The first-order valence-electron chi connectivity index (χ1n) is 7.50. The first-order chi connectivity index (χ1) is 12.5. The fourth-order valence-corrected chi connectivity index (χ4v) is 3.95. The van der Waals surface area contributed by atoms with Crippen molar-refractivity contribution in [2.24, 2.45) is 0 Å². The summed E-state index contributed by atoms with van der Waals surface area (Å²) in [5.74, 6) is -0.515. The van der Waals surface area contributed by atoms with Crippen molar-refractivity contribution in [2.75, 3.05) is 13.4 Å². The third-order valence-corrected chi connectivity index (χ3v) is 5.44. The number of hydrogen-bond acceptors (Lipinski definition) is 6. The molecule has 0 bridgehead atoms. The number of fused-ring (bicyclic) bond motifs is 2. The second kappa shape index (κ2) is 6.59. The molecule has 2 aromatic carbocycles. The zero-order valence-corrected chi connectivity index (χ0v) is 14.7. The Morgan fingerprint density at radius 3 is 2.81 bits per heavy atom. The van der Waals surface area contributed by atoms with Gasteiger partial charge in [-0.1, -0.05) is 11.6 Å². The molecule has 0 unspecified atom stereocenters. The van der Waals surface area contributed by atoms with Gasteiger partial charge in [-0.25, -0.2) is 9.18 Å². The molecule has 0 saturated carbocycles. The minimum absolute atomic E-state index is 0.104. The molecule has 0 radical (unpaired) electrons. The Balaban J connectivity index is 1.48. The third kappa shape index (κ3) is 3.00. The van der Waals surface area contributed by atoms with Crippen LogP contribution in [0.3, 0.4) is 0 Å². The largest absolute Gasteiger partial charge is 0.454 e. The van der Waals surface area contributed by atoms with Gasteiger partial charge in [-0.3, -0.25) is 4.79 Å². The number of hydrogen-bond donors (Lipinski definition) is 0. The van der Waals surface area contributed by atoms with Crippen molar-refractivity contribution in [3.05, 3.63) is 57.7 Å². The van der Waals surface area contributed by atoms with Crippen molar-refractivity contribution in [3.8, 4) is 11.5 Å². The summed E-state index contributed by atoms with van der Waals surface area (Å²) in [5.41, 5.74) is 0.339. The highest BCUT2D eigenvalue weighted by Gasteiger charge is 2.21. The summed E-state index contributed by atoms with van der Waals surface area (Å²) in [7, 11) is 0. The minimum atomic E-state index is -0.731. The van der Waals surface area contributed by atoms with Gasteiger partial charge in [0.05, 0.1) is 5.02 Å². The van der Waals surface area contributed by atoms with E-state index in [1.165, 1.54) is 24.3 Å². The average Bonchev–Trinajstić information content (AvgIpc) is 3.23. The van der Waals surface area contributed by atoms with Crippen LogP contribution in [0, 0.1) is 5.82 Å². The van der Waals surface area contributed by atoms with E-state index in [1.54, 1.807) is 12.1 Å². The van der Waals surface area contributed by atoms with E-state index < -0.39 is 18.4 Å². The SMILES string of the molecule is O=C(COC(=O)c1sc2cc(F)ccc2c1Cl)c1ccc2c(c1)OCO2. The van der Waals surface area contributed by atoms with E-state index in [4.69, 9.17) is 25.8 Å². The molecule has 0 fully saturated rings. The van der Waals surface area contributed by atoms with Gasteiger partial charge in [-0.2, -0.15) is 0 Å². The van der Waals surface area contributed by atoms with Gasteiger partial charge >= 0.3 is 5.97 Å². The lowest BCUT2D eigenvalue weighted by Crippen LogP contribution is -2.13. The second-order valence-electron chi connectivity index (χ2n) is 5.45. The zero-order valence-electron chi connectivity index (χ0n) is 13.1. The molecule has 1 aliphatic rings. The normalized spacial score (nSPS) is 12.4. The quantitative estimate of drug-likeness (QED) is 0.484. The molecule has 132 valence electrons. The number of benzene rings is 2. The third-order valence-electron chi connectivity index (χ3n) is 3.81. The number of Topliss-reactive ketones (excluding diaryl/α,β-unsaturated/α-hetero) is 1. The van der Waals surface area contributed by atoms with Crippen molar-refractivity contribution in [3.63, 3.8) is 0 Å². The molecule has 5 nitrogen and oxygen atoms in total. The van der Waals surface area contributed by atoms with Crippen LogP contribution in [0.5, 0.6) is 11.5 Å². The Kier molecular flexibility index (Phi) is 4.26. The van der Waals surface area contributed by atoms with E-state index in [-0.39, 0.29) is 22.5 Å². The lowest BCUT2D eigenvalue weighted by Gasteiger charge is -2.04. The average molecular weight is 393 g/mol. The lowest BCUT2D eigenvalue weighted by molar-refractivity contribution is 0.0480. The molecule has 0 N–H and O–H groups in total. The van der Waals surface area contributed by atoms with E-state index in [1.807, 2.05) is 0 Å². The zero-order chi connectivity index (χ0) is 18.3. The van der Waals surface area contributed by atoms with Crippen molar-refractivity contribution < 1.29 is 28.2 Å². The van der Waals surface area contributed by atoms with Gasteiger partial charge in [0.25, 0.3) is 0 Å². The lowest BCUT2D eigenvalue weighted by atomic mass is 10.1. The highest BCUT2D eigenvalue weighted by Crippen LogP contribution is 2.36. The van der Waals surface area contributed by atoms with E-state index in [0.717, 1.165) is 11.3 Å². The highest BCUT2D eigenvalue weighted by molar-refractivity contribution is 7.21. The van der Waals surface area contributed by atoms with Gasteiger partial charge in [0.2, 0.25) is 6.79 Å². The fraction of sp³-hybridized carbons (Fsp3) is 0.111. The van der Waals surface area contributed by atoms with Crippen molar-refractivity contribution in [1.82, 2.24) is 0 Å². The molecule has 2 heterocycles. The number of halogens is 2. The van der Waals surface area contributed by atoms with E-state index in [2.05, 4.69) is 0 Å². The maximum Gasteiger partial charge on any atom is 0.350 e. The van der Waals surface area contributed by atoms with Crippen LogP contribution in [0.4, 0.5) is 4.39 Å². The smallest absolute Gasteiger partial charge is 0.350 e. The predicted molar refractivity (Wildman–Crippen MR) is 94.0 cm³/mol. The van der Waals surface area contributed by atoms with E-state index >= 15 is 0 Å². The Hall–Kier alpha value is -2.64. The molecule has 0 atom stereocenters. The van der Waals surface area contributed by atoms with Crippen LogP contribution in [-0.2, 0) is 4.74 Å². The maximum absolute atomic E-state index is 13.3. The Labute approximate surface area is 155 Å². The van der Waals surface area contributed by atoms with Crippen molar-refractivity contribution in [1.29, 1.82) is 0 Å². The highest BCUT2D eigenvalue weighted by atomic mass is 35.5. The first-order valence-corrected chi connectivity index (χ1v) is 8.70. The number of ketones is 1. The Bertz CT molecular complexity index is 1050. The van der Waals surface area contributed by atoms with Crippen LogP contribution in [0.1, 0.15) is 20.0 Å². The maximum atomic E-state index is 13.3. The Morgan fingerprint density at radius 1 is 1.15 bits per heavy atom. The molecule has 1 aliphatic heterocycles. The van der Waals surface area contributed by atoms with Crippen LogP contribution in [0.25, 0.3) is 10.1 Å². The summed E-state index contributed by atoms with van der Waals surface area (Å²) in [4.78, 5) is 24.6. The summed E-state index contributed by atoms with van der Waals surface area (Å²) < 4.78 is 29.3. The number of carbonyl (C=O) groups is 2. The summed E-state index contributed by atoms with van der Waals surface area (Å²) >= 11 is 7.19. The van der Waals surface area contributed by atoms with Gasteiger partial charge in [0.1, 0.15) is 10.7 Å². The standard InChI is InChI=1S/C18H10ClFO5S/c19-16-11-3-2-10(20)6-15(11)26-17(16)18(22)23-7-12(21)9-1-4-13-14(5-9)25-8-24-13/h1-6H,7-8H2. The number of thiophene rings is 1. The topological polar surface area (TPSA) is 61.8 Å². The van der Waals surface area contributed by atoms with Crippen molar-refractivity contribution in [2.45, 2.75) is 0 Å². The number of ether oxygens (including phenoxy) is 3. The van der Waals surface area contributed by atoms with Crippen molar-refractivity contribution >= 4 is 44.8 Å². The summed E-state index contributed by atoms with van der Waals surface area (Å²) in [5, 5.41) is 0.748. The van der Waals surface area contributed by atoms with E-state index in [9.17, 15) is 14.0 Å². The molecule has 1 aromatic heterocycles. The monoisotopic (exact) mass is 392 g/mol. The molecular weight excluding hydrogens is 383 g/mol. The molecular formula is C18H10ClFO5S. The summed E-state index contributed by atoms with van der Waals surface area (Å²) in [6.07, 6.45) is 0. The second-order valence-corrected chi connectivity index (χ2v) is 6.88. The number of carbonyl (C=O) groups excluding carboxylic acids is 2. The van der Waals surface area contributed by atoms with Gasteiger partial charge in [0.15, 0.2) is 23.9 Å². The van der Waals surface area contributed by atoms with Gasteiger partial charge in [-0.15, -0.1) is 11.3 Å². The van der Waals surface area contributed by atoms with Gasteiger partial charge in [0, 0.05) is 15.6 Å². The molecule has 0 saturated heterocycles. The van der Waals surface area contributed by atoms with Crippen LogP contribution in [-0.4, -0.2) is 25.2 Å². The van der Waals surface area contributed by atoms with Crippen LogP contribution < -0.4 is 9.47 Å². The number of rotatable bonds is 4. The fourth-order valence-electron chi connectivity index (χ4n) is 2.52. The molecule has 26 heavy (non-hydrogen) atoms.